The van der Waals surface area contributed by atoms with Crippen molar-refractivity contribution in [3.63, 3.8) is 0 Å². The first-order valence-electron chi connectivity index (χ1n) is 6.57. The summed E-state index contributed by atoms with van der Waals surface area (Å²) in [4.78, 5) is 19.6. The zero-order chi connectivity index (χ0) is 15.2. The summed E-state index contributed by atoms with van der Waals surface area (Å²) in [6.45, 7) is 3.07. The van der Waals surface area contributed by atoms with Gasteiger partial charge < -0.3 is 10.4 Å². The van der Waals surface area contributed by atoms with E-state index < -0.39 is 5.97 Å². The number of hydrogen-bond donors (Lipinski definition) is 2. The van der Waals surface area contributed by atoms with Crippen molar-refractivity contribution in [1.82, 2.24) is 15.3 Å². The van der Waals surface area contributed by atoms with Crippen LogP contribution in [0, 0.1) is 6.92 Å². The summed E-state index contributed by atoms with van der Waals surface area (Å²) in [5.41, 5.74) is 2.70. The Morgan fingerprint density at radius 2 is 2.24 bits per heavy atom. The number of nitrogens with zero attached hydrogens (tertiary/aromatic N) is 2. The highest BCUT2D eigenvalue weighted by Crippen LogP contribution is 2.13. The van der Waals surface area contributed by atoms with Crippen LogP contribution in [0.5, 0.6) is 0 Å². The van der Waals surface area contributed by atoms with Crippen LogP contribution in [-0.4, -0.2) is 27.6 Å². The maximum absolute atomic E-state index is 11.0. The summed E-state index contributed by atoms with van der Waals surface area (Å²) < 4.78 is 0.994. The summed E-state index contributed by atoms with van der Waals surface area (Å²) >= 11 is 3.46. The van der Waals surface area contributed by atoms with Crippen LogP contribution >= 0.6 is 15.9 Å². The van der Waals surface area contributed by atoms with Gasteiger partial charge in [-0.15, -0.1) is 0 Å². The first-order chi connectivity index (χ1) is 10.1. The molecule has 2 rings (SSSR count). The maximum Gasteiger partial charge on any atom is 0.335 e. The van der Waals surface area contributed by atoms with Crippen LogP contribution in [0.2, 0.25) is 0 Å². The Balaban J connectivity index is 1.89. The SMILES string of the molecule is Cc1cc(C(=O)O)cc(CNCCc2ncccc2Br)n1. The minimum absolute atomic E-state index is 0.270. The number of aromatic nitrogens is 2. The fraction of sp³-hybridized carbons (Fsp3) is 0.267. The second-order valence-electron chi connectivity index (χ2n) is 4.65. The summed E-state index contributed by atoms with van der Waals surface area (Å²) in [7, 11) is 0. The van der Waals surface area contributed by atoms with Gasteiger partial charge in [0.25, 0.3) is 0 Å². The number of halogens is 1. The first kappa shape index (κ1) is 15.6. The zero-order valence-electron chi connectivity index (χ0n) is 11.6. The van der Waals surface area contributed by atoms with Gasteiger partial charge in [-0.25, -0.2) is 4.79 Å². The zero-order valence-corrected chi connectivity index (χ0v) is 13.2. The third-order valence-electron chi connectivity index (χ3n) is 2.93. The summed E-state index contributed by atoms with van der Waals surface area (Å²) in [6, 6.07) is 7.00. The molecule has 0 saturated heterocycles. The van der Waals surface area contributed by atoms with E-state index in [1.807, 2.05) is 12.1 Å². The lowest BCUT2D eigenvalue weighted by Crippen LogP contribution is -2.18. The normalized spacial score (nSPS) is 10.6. The van der Waals surface area contributed by atoms with Gasteiger partial charge in [0.1, 0.15) is 0 Å². The highest BCUT2D eigenvalue weighted by Gasteiger charge is 2.06. The van der Waals surface area contributed by atoms with Gasteiger partial charge in [0.2, 0.25) is 0 Å². The third kappa shape index (κ3) is 4.61. The Bertz CT molecular complexity index is 647. The molecule has 0 aromatic carbocycles. The number of aryl methyl sites for hydroxylation is 1. The lowest BCUT2D eigenvalue weighted by atomic mass is 10.2. The molecule has 21 heavy (non-hydrogen) atoms. The molecule has 6 heteroatoms. The number of nitrogens with one attached hydrogen (secondary N) is 1. The first-order valence-corrected chi connectivity index (χ1v) is 7.36. The number of hydrogen-bond acceptors (Lipinski definition) is 4. The van der Waals surface area contributed by atoms with Gasteiger partial charge in [0, 0.05) is 35.9 Å². The minimum atomic E-state index is -0.931. The molecule has 0 spiro atoms. The van der Waals surface area contributed by atoms with Crippen molar-refractivity contribution in [3.8, 4) is 0 Å². The van der Waals surface area contributed by atoms with E-state index in [1.54, 1.807) is 25.3 Å². The molecule has 0 saturated carbocycles. The average molecular weight is 350 g/mol. The van der Waals surface area contributed by atoms with Crippen molar-refractivity contribution in [3.05, 3.63) is 57.6 Å². The van der Waals surface area contributed by atoms with Gasteiger partial charge in [0.05, 0.1) is 17.0 Å². The fourth-order valence-corrected chi connectivity index (χ4v) is 2.43. The lowest BCUT2D eigenvalue weighted by molar-refractivity contribution is 0.0696. The largest absolute Gasteiger partial charge is 0.478 e. The van der Waals surface area contributed by atoms with Crippen LogP contribution in [0.15, 0.2) is 34.9 Å². The van der Waals surface area contributed by atoms with Gasteiger partial charge in [-0.05, 0) is 47.1 Å². The van der Waals surface area contributed by atoms with E-state index in [4.69, 9.17) is 5.11 Å². The average Bonchev–Trinajstić information content (AvgIpc) is 2.44. The van der Waals surface area contributed by atoms with E-state index in [2.05, 4.69) is 31.2 Å². The molecule has 2 aromatic heterocycles. The molecular weight excluding hydrogens is 334 g/mol. The van der Waals surface area contributed by atoms with E-state index in [-0.39, 0.29) is 5.56 Å². The molecule has 5 nitrogen and oxygen atoms in total. The van der Waals surface area contributed by atoms with Gasteiger partial charge in [-0.2, -0.15) is 0 Å². The second kappa shape index (κ2) is 7.28. The molecule has 0 radical (unpaired) electrons. The van der Waals surface area contributed by atoms with Gasteiger partial charge in [0.15, 0.2) is 0 Å². The van der Waals surface area contributed by atoms with E-state index in [1.165, 1.54) is 0 Å². The van der Waals surface area contributed by atoms with Crippen molar-refractivity contribution in [1.29, 1.82) is 0 Å². The predicted octanol–water partition coefficient (Wildman–Crippen LogP) is 2.58. The highest BCUT2D eigenvalue weighted by atomic mass is 79.9. The predicted molar refractivity (Wildman–Crippen MR) is 83.3 cm³/mol. The number of carboxylic acid groups (broad SMARTS) is 1. The van der Waals surface area contributed by atoms with Gasteiger partial charge >= 0.3 is 5.97 Å². The van der Waals surface area contributed by atoms with Crippen molar-refractivity contribution in [2.75, 3.05) is 6.54 Å². The van der Waals surface area contributed by atoms with E-state index in [0.29, 0.717) is 12.2 Å². The highest BCUT2D eigenvalue weighted by molar-refractivity contribution is 9.10. The molecule has 0 atom stereocenters. The lowest BCUT2D eigenvalue weighted by Gasteiger charge is -2.07. The Labute approximate surface area is 131 Å². The summed E-state index contributed by atoms with van der Waals surface area (Å²) in [6.07, 6.45) is 2.56. The monoisotopic (exact) mass is 349 g/mol. The summed E-state index contributed by atoms with van der Waals surface area (Å²) in [5.74, 6) is -0.931. The Morgan fingerprint density at radius 3 is 2.95 bits per heavy atom. The van der Waals surface area contributed by atoms with Crippen LogP contribution in [0.1, 0.15) is 27.4 Å². The number of carboxylic acids is 1. The maximum atomic E-state index is 11.0. The van der Waals surface area contributed by atoms with Crippen molar-refractivity contribution < 1.29 is 9.90 Å². The van der Waals surface area contributed by atoms with Gasteiger partial charge in [-0.1, -0.05) is 0 Å². The Kier molecular flexibility index (Phi) is 5.41. The van der Waals surface area contributed by atoms with E-state index >= 15 is 0 Å². The standard InChI is InChI=1S/C15H16BrN3O2/c1-10-7-11(15(20)21)8-12(19-10)9-17-6-4-14-13(16)3-2-5-18-14/h2-3,5,7-8,17H,4,6,9H2,1H3,(H,20,21). The van der Waals surface area contributed by atoms with Crippen LogP contribution in [-0.2, 0) is 13.0 Å². The molecule has 0 fully saturated rings. The molecule has 110 valence electrons. The molecular formula is C15H16BrN3O2. The smallest absolute Gasteiger partial charge is 0.335 e. The fourth-order valence-electron chi connectivity index (χ4n) is 1.98. The molecule has 2 heterocycles. The summed E-state index contributed by atoms with van der Waals surface area (Å²) in [5, 5.41) is 12.3. The molecule has 0 bridgehead atoms. The van der Waals surface area contributed by atoms with E-state index in [0.717, 1.165) is 28.8 Å². The van der Waals surface area contributed by atoms with Crippen molar-refractivity contribution in [2.45, 2.75) is 19.9 Å². The number of rotatable bonds is 6. The molecule has 2 N–H and O–H groups in total. The van der Waals surface area contributed by atoms with Crippen molar-refractivity contribution in [2.24, 2.45) is 0 Å². The molecule has 2 aromatic rings. The number of pyridine rings is 2. The van der Waals surface area contributed by atoms with Crippen LogP contribution in [0.25, 0.3) is 0 Å². The molecule has 0 amide bonds. The molecule has 0 aliphatic rings. The Hall–Kier alpha value is -1.79. The molecule has 0 aliphatic heterocycles. The molecule has 0 unspecified atom stereocenters. The van der Waals surface area contributed by atoms with Crippen LogP contribution < -0.4 is 5.32 Å². The number of aromatic carboxylic acids is 1. The van der Waals surface area contributed by atoms with Crippen LogP contribution in [0.4, 0.5) is 0 Å². The molecule has 0 aliphatic carbocycles. The van der Waals surface area contributed by atoms with Gasteiger partial charge in [-0.3, -0.25) is 9.97 Å². The quantitative estimate of drug-likeness (QED) is 0.784. The van der Waals surface area contributed by atoms with Crippen molar-refractivity contribution >= 4 is 21.9 Å². The topological polar surface area (TPSA) is 75.1 Å². The second-order valence-corrected chi connectivity index (χ2v) is 5.51. The minimum Gasteiger partial charge on any atom is -0.478 e. The van der Waals surface area contributed by atoms with E-state index in [9.17, 15) is 4.79 Å². The Morgan fingerprint density at radius 1 is 1.43 bits per heavy atom. The third-order valence-corrected chi connectivity index (χ3v) is 3.65. The van der Waals surface area contributed by atoms with Crippen LogP contribution in [0.3, 0.4) is 0 Å². The number of carbonyl (C=O) groups is 1.